The molecule has 1 saturated heterocycles. The van der Waals surface area contributed by atoms with Gasteiger partial charge < -0.3 is 15.5 Å². The van der Waals surface area contributed by atoms with Gasteiger partial charge >= 0.3 is 0 Å². The molecule has 5 nitrogen and oxygen atoms in total. The Bertz CT molecular complexity index is 1310. The van der Waals surface area contributed by atoms with E-state index in [9.17, 15) is 4.79 Å². The van der Waals surface area contributed by atoms with Gasteiger partial charge in [-0.1, -0.05) is 122 Å². The number of hydrogen-bond acceptors (Lipinski definition) is 5. The number of aryl methyl sites for hydroxylation is 1. The molecule has 2 unspecified atom stereocenters. The van der Waals surface area contributed by atoms with Crippen LogP contribution in [0.15, 0.2) is 78.2 Å². The molecule has 45 heavy (non-hydrogen) atoms. The van der Waals surface area contributed by atoms with E-state index < -0.39 is 0 Å². The highest BCUT2D eigenvalue weighted by Crippen LogP contribution is 2.47. The summed E-state index contributed by atoms with van der Waals surface area (Å²) in [5, 5.41) is 7.47. The first kappa shape index (κ1) is 34.8. The van der Waals surface area contributed by atoms with Crippen LogP contribution in [-0.2, 0) is 4.79 Å². The number of carbonyl (C=O) groups excluding carboxylic acids is 1. The predicted octanol–water partition coefficient (Wildman–Crippen LogP) is 8.67. The number of aliphatic imine (C=N–C) groups is 1. The van der Waals surface area contributed by atoms with E-state index in [1.54, 1.807) is 6.92 Å². The number of rotatable bonds is 14. The lowest BCUT2D eigenvalue weighted by atomic mass is 9.81. The lowest BCUT2D eigenvalue weighted by molar-refractivity contribution is -0.117. The van der Waals surface area contributed by atoms with Gasteiger partial charge in [0.15, 0.2) is 5.78 Å². The lowest BCUT2D eigenvalue weighted by Crippen LogP contribution is -2.49. The Labute approximate surface area is 274 Å². The van der Waals surface area contributed by atoms with Gasteiger partial charge in [0.1, 0.15) is 0 Å². The Balaban J connectivity index is 1.60. The zero-order chi connectivity index (χ0) is 32.9. The summed E-state index contributed by atoms with van der Waals surface area (Å²) in [6, 6.07) is 8.40. The van der Waals surface area contributed by atoms with Gasteiger partial charge in [0.05, 0.1) is 18.1 Å². The molecule has 1 saturated carbocycles. The van der Waals surface area contributed by atoms with E-state index in [1.165, 1.54) is 48.9 Å². The molecule has 0 aromatic heterocycles. The maximum absolute atomic E-state index is 13.1. The van der Waals surface area contributed by atoms with E-state index in [-0.39, 0.29) is 34.7 Å². The molecule has 1 aliphatic carbocycles. The van der Waals surface area contributed by atoms with Gasteiger partial charge in [0, 0.05) is 41.3 Å². The van der Waals surface area contributed by atoms with E-state index in [0.717, 1.165) is 68.2 Å². The fraction of sp³-hybridized carbons (Fsp3) is 0.600. The van der Waals surface area contributed by atoms with Gasteiger partial charge in [-0.15, -0.1) is 0 Å². The summed E-state index contributed by atoms with van der Waals surface area (Å²) in [4.78, 5) is 20.7. The van der Waals surface area contributed by atoms with Crippen LogP contribution < -0.4 is 10.6 Å². The minimum Gasteiger partial charge on any atom is -0.380 e. The van der Waals surface area contributed by atoms with E-state index in [1.807, 2.05) is 0 Å². The van der Waals surface area contributed by atoms with Crippen molar-refractivity contribution in [2.45, 2.75) is 124 Å². The Hall–Kier alpha value is -3.08. The first-order valence-corrected chi connectivity index (χ1v) is 17.4. The van der Waals surface area contributed by atoms with Gasteiger partial charge in [0.25, 0.3) is 0 Å². The van der Waals surface area contributed by atoms with Gasteiger partial charge in [-0.2, -0.15) is 0 Å². The van der Waals surface area contributed by atoms with Crippen LogP contribution in [0, 0.1) is 23.7 Å². The summed E-state index contributed by atoms with van der Waals surface area (Å²) in [6.45, 7) is 32.4. The van der Waals surface area contributed by atoms with Crippen molar-refractivity contribution < 1.29 is 4.79 Å². The average molecular weight is 613 g/mol. The highest BCUT2D eigenvalue weighted by Gasteiger charge is 2.50. The summed E-state index contributed by atoms with van der Waals surface area (Å²) in [7, 11) is 0. The number of allylic oxidation sites excluding steroid dienone is 1. The number of carbonyl (C=O) groups is 1. The largest absolute Gasteiger partial charge is 0.380 e. The van der Waals surface area contributed by atoms with Crippen molar-refractivity contribution in [3.63, 3.8) is 0 Å². The molecular formula is C40H60N4O. The minimum absolute atomic E-state index is 0.0000896. The third-order valence-corrected chi connectivity index (χ3v) is 10.3. The number of nitrogens with one attached hydrogen (secondary N) is 2. The normalized spacial score (nSPS) is 23.4. The fourth-order valence-corrected chi connectivity index (χ4v) is 7.80. The molecule has 1 spiro atoms. The number of hydrogen-bond donors (Lipinski definition) is 2. The van der Waals surface area contributed by atoms with Gasteiger partial charge in [-0.25, -0.2) is 0 Å². The van der Waals surface area contributed by atoms with E-state index in [4.69, 9.17) is 11.6 Å². The molecule has 5 heteroatoms. The standard InChI is InChI=1S/C40H60N4O/c1-11-16-34(37(45)27(2)3)43-30(6)36-24-40(23-35(41-25-40)33-20-15-17-28(4)21-33)26-44(36)31(7)38(39(8,9)10)42-29(5)22-32-18-13-12-14-19-32/h15,17,20-21,32,34,36,38,42-43H,2,5-7,11-14,16,18-19,22-26H2,1,3-4,8-10H3/t34-,36?,38?,40-/m0/s1. The number of nitrogens with zero attached hydrogens (tertiary/aromatic N) is 2. The highest BCUT2D eigenvalue weighted by molar-refractivity contribution is 6.02. The summed E-state index contributed by atoms with van der Waals surface area (Å²) in [5.41, 5.74) is 7.23. The molecule has 1 aromatic carbocycles. The molecule has 2 heterocycles. The molecule has 1 aromatic rings. The monoisotopic (exact) mass is 612 g/mol. The molecular weight excluding hydrogens is 552 g/mol. The third kappa shape index (κ3) is 8.60. The molecule has 246 valence electrons. The van der Waals surface area contributed by atoms with Gasteiger partial charge in [0.2, 0.25) is 0 Å². The van der Waals surface area contributed by atoms with Crippen molar-refractivity contribution in [3.05, 3.63) is 84.4 Å². The molecule has 2 fully saturated rings. The smallest absolute Gasteiger partial charge is 0.180 e. The highest BCUT2D eigenvalue weighted by atomic mass is 16.1. The lowest BCUT2D eigenvalue weighted by Gasteiger charge is -2.42. The first-order chi connectivity index (χ1) is 21.2. The summed E-state index contributed by atoms with van der Waals surface area (Å²) < 4.78 is 0. The SMILES string of the molecule is C=C(CC1CCCCC1)NC(C(=C)N1C[C@]2(CN=C(c3cccc(C)c3)C2)CC1C(=C)N[C@@H](CCC)C(=O)C(=C)C)C(C)(C)C. The summed E-state index contributed by atoms with van der Waals surface area (Å²) in [5.74, 6) is 0.784. The van der Waals surface area contributed by atoms with Crippen molar-refractivity contribution in [1.82, 2.24) is 15.5 Å². The van der Waals surface area contributed by atoms with E-state index in [2.05, 4.69) is 94.2 Å². The van der Waals surface area contributed by atoms with Crippen molar-refractivity contribution in [2.24, 2.45) is 21.7 Å². The second-order valence-electron chi connectivity index (χ2n) is 15.6. The summed E-state index contributed by atoms with van der Waals surface area (Å²) >= 11 is 0. The maximum Gasteiger partial charge on any atom is 0.180 e. The quantitative estimate of drug-likeness (QED) is 0.207. The zero-order valence-corrected chi connectivity index (χ0v) is 29.2. The van der Waals surface area contributed by atoms with Crippen LogP contribution in [0.5, 0.6) is 0 Å². The number of likely N-dealkylation sites (tertiary alicyclic amines) is 1. The van der Waals surface area contributed by atoms with Gasteiger partial charge in [-0.05, 0) is 62.0 Å². The molecule has 3 aliphatic rings. The van der Waals surface area contributed by atoms with Crippen molar-refractivity contribution in [1.29, 1.82) is 0 Å². The van der Waals surface area contributed by atoms with Crippen LogP contribution in [0.2, 0.25) is 0 Å². The Morgan fingerprint density at radius 3 is 2.44 bits per heavy atom. The second-order valence-corrected chi connectivity index (χ2v) is 15.6. The predicted molar refractivity (Wildman–Crippen MR) is 191 cm³/mol. The minimum atomic E-state index is -0.318. The Morgan fingerprint density at radius 1 is 1.11 bits per heavy atom. The number of benzene rings is 1. The summed E-state index contributed by atoms with van der Waals surface area (Å²) in [6.07, 6.45) is 11.1. The molecule has 4 atom stereocenters. The number of Topliss-reactive ketones (excluding diaryl/α,β-unsaturated/α-hetero) is 1. The van der Waals surface area contributed by atoms with Crippen LogP contribution in [0.3, 0.4) is 0 Å². The number of ketones is 1. The van der Waals surface area contributed by atoms with Gasteiger partial charge in [-0.3, -0.25) is 9.79 Å². The topological polar surface area (TPSA) is 56.7 Å². The van der Waals surface area contributed by atoms with Crippen molar-refractivity contribution in [3.8, 4) is 0 Å². The average Bonchev–Trinajstić information content (AvgIpc) is 3.58. The molecule has 0 amide bonds. The van der Waals surface area contributed by atoms with Crippen LogP contribution >= 0.6 is 0 Å². The molecule has 0 radical (unpaired) electrons. The zero-order valence-electron chi connectivity index (χ0n) is 29.2. The van der Waals surface area contributed by atoms with Crippen molar-refractivity contribution in [2.75, 3.05) is 13.1 Å². The second kappa shape index (κ2) is 14.6. The third-order valence-electron chi connectivity index (χ3n) is 10.3. The molecule has 4 rings (SSSR count). The maximum atomic E-state index is 13.1. The van der Waals surface area contributed by atoms with Crippen LogP contribution in [-0.4, -0.2) is 47.6 Å². The Kier molecular flexibility index (Phi) is 11.3. The first-order valence-electron chi connectivity index (χ1n) is 17.4. The molecule has 2 N–H and O–H groups in total. The van der Waals surface area contributed by atoms with E-state index >= 15 is 0 Å². The molecule has 0 bridgehead atoms. The van der Waals surface area contributed by atoms with E-state index in [0.29, 0.717) is 5.57 Å². The molecule has 2 aliphatic heterocycles. The van der Waals surface area contributed by atoms with Crippen molar-refractivity contribution >= 4 is 11.5 Å². The Morgan fingerprint density at radius 2 is 1.82 bits per heavy atom. The fourth-order valence-electron chi connectivity index (χ4n) is 7.80. The van der Waals surface area contributed by atoms with Crippen LogP contribution in [0.1, 0.15) is 110 Å². The van der Waals surface area contributed by atoms with Crippen LogP contribution in [0.25, 0.3) is 0 Å². The van der Waals surface area contributed by atoms with Crippen LogP contribution in [0.4, 0.5) is 0 Å².